The molecule has 2 aromatic carbocycles. The number of likely N-dealkylation sites (tertiary alicyclic amines) is 2. The van der Waals surface area contributed by atoms with Crippen molar-refractivity contribution >= 4 is 23.5 Å². The quantitative estimate of drug-likeness (QED) is 0.703. The van der Waals surface area contributed by atoms with Crippen molar-refractivity contribution in [2.45, 2.75) is 45.1 Å². The molecular weight excluding hydrogens is 428 g/mol. The Morgan fingerprint density at radius 2 is 1.47 bits per heavy atom. The topological polar surface area (TPSA) is 81.8 Å². The summed E-state index contributed by atoms with van der Waals surface area (Å²) in [5.41, 5.74) is 2.46. The molecule has 1 atom stereocenters. The first-order chi connectivity index (χ1) is 16.5. The second-order valence-electron chi connectivity index (χ2n) is 9.32. The predicted molar refractivity (Wildman–Crippen MR) is 133 cm³/mol. The number of benzene rings is 2. The summed E-state index contributed by atoms with van der Waals surface area (Å²) in [5, 5.41) is 5.99. The molecule has 34 heavy (non-hydrogen) atoms. The van der Waals surface area contributed by atoms with E-state index in [1.165, 1.54) is 0 Å². The molecule has 180 valence electrons. The number of aryl methyl sites for hydroxylation is 1. The van der Waals surface area contributed by atoms with E-state index in [1.54, 1.807) is 17.0 Å². The Morgan fingerprint density at radius 1 is 0.824 bits per heavy atom. The smallest absolute Gasteiger partial charge is 0.321 e. The van der Waals surface area contributed by atoms with Crippen LogP contribution in [0.4, 0.5) is 10.5 Å². The number of nitrogens with zero attached hydrogens (tertiary/aromatic N) is 2. The summed E-state index contributed by atoms with van der Waals surface area (Å²) in [4.78, 5) is 42.8. The highest BCUT2D eigenvalue weighted by Crippen LogP contribution is 2.24. The van der Waals surface area contributed by atoms with E-state index < -0.39 is 6.04 Å². The lowest BCUT2D eigenvalue weighted by atomic mass is 9.88. The minimum absolute atomic E-state index is 0.00605. The molecule has 0 spiro atoms. The zero-order valence-electron chi connectivity index (χ0n) is 19.8. The van der Waals surface area contributed by atoms with Crippen LogP contribution in [0.3, 0.4) is 0 Å². The monoisotopic (exact) mass is 462 g/mol. The largest absolute Gasteiger partial charge is 0.341 e. The van der Waals surface area contributed by atoms with Gasteiger partial charge in [0.05, 0.1) is 0 Å². The van der Waals surface area contributed by atoms with Gasteiger partial charge in [-0.2, -0.15) is 0 Å². The first kappa shape index (κ1) is 23.8. The van der Waals surface area contributed by atoms with Gasteiger partial charge in [-0.1, -0.05) is 35.9 Å². The average molecular weight is 463 g/mol. The molecule has 2 saturated heterocycles. The molecule has 0 radical (unpaired) electrons. The normalized spacial score (nSPS) is 17.7. The van der Waals surface area contributed by atoms with Crippen molar-refractivity contribution in [2.24, 2.45) is 5.92 Å². The third kappa shape index (κ3) is 5.95. The van der Waals surface area contributed by atoms with Crippen LogP contribution in [0.1, 0.15) is 48.0 Å². The van der Waals surface area contributed by atoms with E-state index in [4.69, 9.17) is 0 Å². The summed E-state index contributed by atoms with van der Waals surface area (Å²) < 4.78 is 0. The van der Waals surface area contributed by atoms with Gasteiger partial charge in [-0.15, -0.1) is 0 Å². The zero-order valence-corrected chi connectivity index (χ0v) is 19.8. The molecule has 0 aliphatic carbocycles. The van der Waals surface area contributed by atoms with Crippen molar-refractivity contribution in [3.63, 3.8) is 0 Å². The van der Waals surface area contributed by atoms with Gasteiger partial charge in [-0.25, -0.2) is 4.79 Å². The standard InChI is InChI=1S/C27H34N4O3/c1-20-10-12-23(13-11-20)28-27(34)31-18-14-21(15-19-31)24(26(33)30-16-6-3-7-17-30)29-25(32)22-8-4-2-5-9-22/h2,4-5,8-13,21,24H,3,6-7,14-19H2,1H3,(H,28,34)(H,29,32). The van der Waals surface area contributed by atoms with Crippen molar-refractivity contribution in [2.75, 3.05) is 31.5 Å². The molecular formula is C27H34N4O3. The van der Waals surface area contributed by atoms with Gasteiger partial charge in [0.2, 0.25) is 5.91 Å². The van der Waals surface area contributed by atoms with Gasteiger partial charge in [0.15, 0.2) is 0 Å². The number of nitrogens with one attached hydrogen (secondary N) is 2. The van der Waals surface area contributed by atoms with Crippen LogP contribution in [0, 0.1) is 12.8 Å². The summed E-state index contributed by atoms with van der Waals surface area (Å²) in [6, 6.07) is 16.0. The van der Waals surface area contributed by atoms with Gasteiger partial charge >= 0.3 is 6.03 Å². The molecule has 2 fully saturated rings. The van der Waals surface area contributed by atoms with Crippen LogP contribution < -0.4 is 10.6 Å². The fourth-order valence-electron chi connectivity index (χ4n) is 4.78. The minimum atomic E-state index is -0.576. The second kappa shape index (κ2) is 11.2. The molecule has 2 aliphatic rings. The van der Waals surface area contributed by atoms with Crippen LogP contribution in [0.5, 0.6) is 0 Å². The lowest BCUT2D eigenvalue weighted by Gasteiger charge is -2.38. The number of amides is 4. The highest BCUT2D eigenvalue weighted by Gasteiger charge is 2.36. The van der Waals surface area contributed by atoms with E-state index >= 15 is 0 Å². The van der Waals surface area contributed by atoms with Crippen molar-refractivity contribution in [1.29, 1.82) is 0 Å². The van der Waals surface area contributed by atoms with Crippen LogP contribution in [0.2, 0.25) is 0 Å². The number of rotatable bonds is 5. The molecule has 0 saturated carbocycles. The van der Waals surface area contributed by atoms with Crippen molar-refractivity contribution < 1.29 is 14.4 Å². The highest BCUT2D eigenvalue weighted by atomic mass is 16.2. The van der Waals surface area contributed by atoms with E-state index in [-0.39, 0.29) is 23.8 Å². The molecule has 7 heteroatoms. The number of piperidine rings is 2. The number of anilines is 1. The molecule has 4 amide bonds. The highest BCUT2D eigenvalue weighted by molar-refractivity contribution is 5.97. The van der Waals surface area contributed by atoms with Crippen LogP contribution in [0.25, 0.3) is 0 Å². The Hall–Kier alpha value is -3.35. The molecule has 0 aromatic heterocycles. The summed E-state index contributed by atoms with van der Waals surface area (Å²) in [7, 11) is 0. The van der Waals surface area contributed by atoms with Gasteiger partial charge in [0, 0.05) is 37.4 Å². The Labute approximate surface area is 201 Å². The fraction of sp³-hybridized carbons (Fsp3) is 0.444. The lowest BCUT2D eigenvalue weighted by Crippen LogP contribution is -2.55. The second-order valence-corrected chi connectivity index (χ2v) is 9.32. The van der Waals surface area contributed by atoms with Gasteiger partial charge < -0.3 is 20.4 Å². The number of carbonyl (C=O) groups is 3. The Bertz CT molecular complexity index is 979. The van der Waals surface area contributed by atoms with E-state index in [2.05, 4.69) is 10.6 Å². The van der Waals surface area contributed by atoms with Gasteiger partial charge in [0.1, 0.15) is 6.04 Å². The number of hydrogen-bond acceptors (Lipinski definition) is 3. The third-order valence-electron chi connectivity index (χ3n) is 6.86. The molecule has 2 aliphatic heterocycles. The Balaban J connectivity index is 1.40. The van der Waals surface area contributed by atoms with E-state index in [1.807, 2.05) is 54.3 Å². The van der Waals surface area contributed by atoms with E-state index in [0.717, 1.165) is 43.6 Å². The SMILES string of the molecule is Cc1ccc(NC(=O)N2CCC(C(NC(=O)c3ccccc3)C(=O)N3CCCCC3)CC2)cc1. The first-order valence-electron chi connectivity index (χ1n) is 12.3. The molecule has 0 bridgehead atoms. The van der Waals surface area contributed by atoms with Gasteiger partial charge in [-0.3, -0.25) is 9.59 Å². The summed E-state index contributed by atoms with van der Waals surface area (Å²) in [6.45, 7) is 4.60. The lowest BCUT2D eigenvalue weighted by molar-refractivity contribution is -0.136. The maximum atomic E-state index is 13.5. The molecule has 2 N–H and O–H groups in total. The molecule has 4 rings (SSSR count). The van der Waals surface area contributed by atoms with Gasteiger partial charge in [0.25, 0.3) is 5.91 Å². The van der Waals surface area contributed by atoms with Crippen molar-refractivity contribution in [3.8, 4) is 0 Å². The average Bonchev–Trinajstić information content (AvgIpc) is 2.89. The molecule has 7 nitrogen and oxygen atoms in total. The first-order valence-corrected chi connectivity index (χ1v) is 12.3. The van der Waals surface area contributed by atoms with Crippen molar-refractivity contribution in [1.82, 2.24) is 15.1 Å². The minimum Gasteiger partial charge on any atom is -0.341 e. The Kier molecular flexibility index (Phi) is 7.83. The number of urea groups is 1. The van der Waals surface area contributed by atoms with Crippen LogP contribution in [0.15, 0.2) is 54.6 Å². The summed E-state index contributed by atoms with van der Waals surface area (Å²) in [6.07, 6.45) is 4.48. The summed E-state index contributed by atoms with van der Waals surface area (Å²) in [5.74, 6) is -0.229. The number of hydrogen-bond donors (Lipinski definition) is 2. The van der Waals surface area contributed by atoms with Gasteiger partial charge in [-0.05, 0) is 69.2 Å². The zero-order chi connectivity index (χ0) is 23.9. The molecule has 1 unspecified atom stereocenters. The third-order valence-corrected chi connectivity index (χ3v) is 6.86. The number of carbonyl (C=O) groups excluding carboxylic acids is 3. The van der Waals surface area contributed by atoms with Crippen LogP contribution in [-0.2, 0) is 4.79 Å². The van der Waals surface area contributed by atoms with E-state index in [0.29, 0.717) is 31.5 Å². The van der Waals surface area contributed by atoms with E-state index in [9.17, 15) is 14.4 Å². The summed E-state index contributed by atoms with van der Waals surface area (Å²) >= 11 is 0. The predicted octanol–water partition coefficient (Wildman–Crippen LogP) is 4.05. The molecule has 2 heterocycles. The molecule has 2 aromatic rings. The fourth-order valence-corrected chi connectivity index (χ4v) is 4.78. The Morgan fingerprint density at radius 3 is 2.12 bits per heavy atom. The maximum absolute atomic E-state index is 13.5. The van der Waals surface area contributed by atoms with Crippen LogP contribution in [-0.4, -0.2) is 59.9 Å². The van der Waals surface area contributed by atoms with Crippen molar-refractivity contribution in [3.05, 3.63) is 65.7 Å². The van der Waals surface area contributed by atoms with Crippen LogP contribution >= 0.6 is 0 Å². The maximum Gasteiger partial charge on any atom is 0.321 e.